The minimum Gasteiger partial charge on any atom is -0.339 e. The predicted octanol–water partition coefficient (Wildman–Crippen LogP) is 7.14. The third kappa shape index (κ3) is 7.57. The van der Waals surface area contributed by atoms with Crippen molar-refractivity contribution in [2.45, 2.75) is 32.1 Å². The number of halogens is 3. The van der Waals surface area contributed by atoms with Gasteiger partial charge < -0.3 is 4.90 Å². The standard InChI is InChI=1S/C25H23F2NO.C9H11FN2O/c1-25(21-8-12-23(27)13-9-21)14-16-28(17-15-25)24(29)20-4-2-18(3-5-20)19-6-10-22(26)11-7-19;1-2-12(11-7-13)9-5-3-8(10)4-6-9/h2-13H,14-17H2,1H3;3-7H,2H2,1H3,(H,11,13). The molecule has 1 aliphatic heterocycles. The van der Waals surface area contributed by atoms with Crippen LogP contribution in [0.25, 0.3) is 11.1 Å². The molecule has 4 aromatic rings. The average molecular weight is 574 g/mol. The number of piperidine rings is 1. The second kappa shape index (κ2) is 13.9. The van der Waals surface area contributed by atoms with E-state index in [9.17, 15) is 22.8 Å². The number of hydrogen-bond acceptors (Lipinski definition) is 3. The van der Waals surface area contributed by atoms with E-state index in [4.69, 9.17) is 0 Å². The maximum Gasteiger partial charge on any atom is 0.253 e. The van der Waals surface area contributed by atoms with Gasteiger partial charge in [0.15, 0.2) is 0 Å². The Balaban J connectivity index is 0.000000262. The number of amides is 2. The van der Waals surface area contributed by atoms with Crippen molar-refractivity contribution in [2.75, 3.05) is 24.6 Å². The average Bonchev–Trinajstić information content (AvgIpc) is 3.01. The highest BCUT2D eigenvalue weighted by atomic mass is 19.1. The molecule has 42 heavy (non-hydrogen) atoms. The molecule has 0 bridgehead atoms. The van der Waals surface area contributed by atoms with Crippen molar-refractivity contribution in [1.29, 1.82) is 0 Å². The zero-order chi connectivity index (χ0) is 30.1. The second-order valence-corrected chi connectivity index (χ2v) is 10.4. The van der Waals surface area contributed by atoms with Gasteiger partial charge in [0, 0.05) is 25.2 Å². The molecule has 0 aromatic heterocycles. The summed E-state index contributed by atoms with van der Waals surface area (Å²) in [5, 5.41) is 1.62. The molecule has 1 aliphatic rings. The molecule has 218 valence electrons. The second-order valence-electron chi connectivity index (χ2n) is 10.4. The Bertz CT molecular complexity index is 1450. The van der Waals surface area contributed by atoms with Crippen molar-refractivity contribution in [2.24, 2.45) is 0 Å². The highest BCUT2D eigenvalue weighted by molar-refractivity contribution is 5.94. The van der Waals surface area contributed by atoms with Crippen LogP contribution in [0.1, 0.15) is 42.6 Å². The highest BCUT2D eigenvalue weighted by Crippen LogP contribution is 2.35. The molecule has 0 atom stereocenters. The van der Waals surface area contributed by atoms with E-state index in [-0.39, 0.29) is 28.8 Å². The molecule has 0 unspecified atom stereocenters. The minimum atomic E-state index is -0.286. The summed E-state index contributed by atoms with van der Waals surface area (Å²) in [5.74, 6) is -0.755. The topological polar surface area (TPSA) is 52.7 Å². The van der Waals surface area contributed by atoms with E-state index >= 15 is 0 Å². The maximum absolute atomic E-state index is 13.2. The summed E-state index contributed by atoms with van der Waals surface area (Å²) in [5.41, 5.74) is 6.85. The van der Waals surface area contributed by atoms with E-state index < -0.39 is 0 Å². The van der Waals surface area contributed by atoms with Crippen molar-refractivity contribution in [3.05, 3.63) is 126 Å². The van der Waals surface area contributed by atoms with Crippen LogP contribution in [0.15, 0.2) is 97.1 Å². The van der Waals surface area contributed by atoms with Crippen LogP contribution in [0.5, 0.6) is 0 Å². The van der Waals surface area contributed by atoms with Gasteiger partial charge in [-0.1, -0.05) is 43.3 Å². The monoisotopic (exact) mass is 573 g/mol. The molecule has 8 heteroatoms. The van der Waals surface area contributed by atoms with Gasteiger partial charge in [-0.3, -0.25) is 20.0 Å². The minimum absolute atomic E-state index is 0.0248. The van der Waals surface area contributed by atoms with Crippen molar-refractivity contribution in [3.63, 3.8) is 0 Å². The Hall–Kier alpha value is -4.59. The molecule has 1 N–H and O–H groups in total. The van der Waals surface area contributed by atoms with Crippen LogP contribution >= 0.6 is 0 Å². The molecule has 4 aromatic carbocycles. The number of nitrogens with one attached hydrogen (secondary N) is 1. The number of likely N-dealkylation sites (tertiary alicyclic amines) is 1. The van der Waals surface area contributed by atoms with E-state index in [1.807, 2.05) is 48.2 Å². The first-order chi connectivity index (χ1) is 20.2. The van der Waals surface area contributed by atoms with Gasteiger partial charge in [0.1, 0.15) is 17.5 Å². The first-order valence-corrected chi connectivity index (χ1v) is 13.9. The fourth-order valence-corrected chi connectivity index (χ4v) is 5.01. The molecule has 2 amide bonds. The lowest BCUT2D eigenvalue weighted by Gasteiger charge is -2.40. The number of hydrogen-bond donors (Lipinski definition) is 1. The molecule has 1 heterocycles. The normalized spacial score (nSPS) is 13.9. The Kier molecular flexibility index (Phi) is 10.0. The van der Waals surface area contributed by atoms with Gasteiger partial charge in [-0.05, 0) is 103 Å². The lowest BCUT2D eigenvalue weighted by molar-refractivity contribution is -0.109. The summed E-state index contributed by atoms with van der Waals surface area (Å²) in [6.45, 7) is 6.04. The molecule has 5 nitrogen and oxygen atoms in total. The van der Waals surface area contributed by atoms with Crippen molar-refractivity contribution < 1.29 is 22.8 Å². The fourth-order valence-electron chi connectivity index (χ4n) is 5.01. The van der Waals surface area contributed by atoms with Gasteiger partial charge in [0.05, 0.1) is 5.69 Å². The van der Waals surface area contributed by atoms with Crippen LogP contribution in [0, 0.1) is 17.5 Å². The zero-order valence-electron chi connectivity index (χ0n) is 23.7. The fraction of sp³-hybridized carbons (Fsp3) is 0.235. The number of hydrazine groups is 1. The summed E-state index contributed by atoms with van der Waals surface area (Å²) < 4.78 is 38.8. The summed E-state index contributed by atoms with van der Waals surface area (Å²) in [6.07, 6.45) is 2.28. The summed E-state index contributed by atoms with van der Waals surface area (Å²) in [4.78, 5) is 25.0. The number of anilines is 1. The summed E-state index contributed by atoms with van der Waals surface area (Å²) in [7, 11) is 0. The van der Waals surface area contributed by atoms with Gasteiger partial charge in [0.25, 0.3) is 5.91 Å². The van der Waals surface area contributed by atoms with Gasteiger partial charge >= 0.3 is 0 Å². The Morgan fingerprint density at radius 2 is 1.24 bits per heavy atom. The molecule has 1 fully saturated rings. The van der Waals surface area contributed by atoms with Crippen molar-refractivity contribution in [3.8, 4) is 11.1 Å². The smallest absolute Gasteiger partial charge is 0.253 e. The molecule has 0 radical (unpaired) electrons. The van der Waals surface area contributed by atoms with Crippen LogP contribution in [-0.4, -0.2) is 36.9 Å². The van der Waals surface area contributed by atoms with Crippen molar-refractivity contribution in [1.82, 2.24) is 10.3 Å². The largest absolute Gasteiger partial charge is 0.339 e. The Morgan fingerprint density at radius 1 is 0.786 bits per heavy atom. The third-order valence-corrected chi connectivity index (χ3v) is 7.67. The van der Waals surface area contributed by atoms with Gasteiger partial charge in [0.2, 0.25) is 6.41 Å². The Morgan fingerprint density at radius 3 is 1.71 bits per heavy atom. The summed E-state index contributed by atoms with van der Waals surface area (Å²) in [6, 6.07) is 26.4. The molecule has 0 saturated carbocycles. The number of nitrogens with zero attached hydrogens (tertiary/aromatic N) is 2. The summed E-state index contributed by atoms with van der Waals surface area (Å²) >= 11 is 0. The van der Waals surface area contributed by atoms with Gasteiger partial charge in [-0.15, -0.1) is 0 Å². The first kappa shape index (κ1) is 30.4. The number of carbonyl (C=O) groups excluding carboxylic acids is 2. The lowest BCUT2D eigenvalue weighted by atomic mass is 9.74. The SMILES string of the molecule is CC1(c2ccc(F)cc2)CCN(C(=O)c2ccc(-c3ccc(F)cc3)cc2)CC1.CCN(NC=O)c1ccc(F)cc1. The molecular formula is C34H34F3N3O2. The molecule has 0 aliphatic carbocycles. The molecule has 5 rings (SSSR count). The first-order valence-electron chi connectivity index (χ1n) is 13.9. The maximum atomic E-state index is 13.2. The number of carbonyl (C=O) groups is 2. The zero-order valence-corrected chi connectivity index (χ0v) is 23.7. The number of rotatable bonds is 7. The van der Waals surface area contributed by atoms with Crippen LogP contribution in [0.2, 0.25) is 0 Å². The molecule has 1 saturated heterocycles. The quantitative estimate of drug-likeness (QED) is 0.189. The van der Waals surface area contributed by atoms with Gasteiger partial charge in [-0.25, -0.2) is 13.2 Å². The van der Waals surface area contributed by atoms with E-state index in [0.717, 1.165) is 35.2 Å². The van der Waals surface area contributed by atoms with Gasteiger partial charge in [-0.2, -0.15) is 0 Å². The van der Waals surface area contributed by atoms with Crippen LogP contribution in [0.4, 0.5) is 18.9 Å². The third-order valence-electron chi connectivity index (χ3n) is 7.67. The van der Waals surface area contributed by atoms with E-state index in [1.54, 1.807) is 29.3 Å². The van der Waals surface area contributed by atoms with E-state index in [1.165, 1.54) is 36.4 Å². The van der Waals surface area contributed by atoms with Crippen LogP contribution in [0.3, 0.4) is 0 Å². The molecular weight excluding hydrogens is 539 g/mol. The predicted molar refractivity (Wildman–Crippen MR) is 159 cm³/mol. The molecule has 0 spiro atoms. The van der Waals surface area contributed by atoms with Crippen LogP contribution in [-0.2, 0) is 10.2 Å². The number of benzene rings is 4. The van der Waals surface area contributed by atoms with Crippen molar-refractivity contribution >= 4 is 18.0 Å². The highest BCUT2D eigenvalue weighted by Gasteiger charge is 2.33. The lowest BCUT2D eigenvalue weighted by Crippen LogP contribution is -2.43. The van der Waals surface area contributed by atoms with Crippen LogP contribution < -0.4 is 10.4 Å². The Labute approximate surface area is 244 Å². The van der Waals surface area contributed by atoms with E-state index in [2.05, 4.69) is 12.3 Å². The van der Waals surface area contributed by atoms with E-state index in [0.29, 0.717) is 31.6 Å².